The van der Waals surface area contributed by atoms with Gasteiger partial charge in [0.05, 0.1) is 16.6 Å². The largest absolute Gasteiger partial charge is 0.324 e. The Morgan fingerprint density at radius 3 is 2.63 bits per heavy atom. The van der Waals surface area contributed by atoms with Crippen molar-refractivity contribution in [1.82, 2.24) is 0 Å². The second kappa shape index (κ2) is 4.52. The van der Waals surface area contributed by atoms with Crippen molar-refractivity contribution in [2.24, 2.45) is 11.3 Å². The van der Waals surface area contributed by atoms with Crippen LogP contribution in [0.3, 0.4) is 0 Å². The molecule has 1 aliphatic carbocycles. The van der Waals surface area contributed by atoms with Crippen LogP contribution in [-0.4, -0.2) is 5.91 Å². The Hall–Kier alpha value is -1.02. The molecule has 1 N–H and O–H groups in total. The first-order valence-electron chi connectivity index (χ1n) is 7.07. The average Bonchev–Trinajstić information content (AvgIpc) is 2.68. The molecule has 2 nitrogen and oxygen atoms in total. The quantitative estimate of drug-likeness (QED) is 0.799. The lowest BCUT2D eigenvalue weighted by molar-refractivity contribution is -0.118. The number of anilines is 1. The number of hydrogen-bond acceptors (Lipinski definition) is 1. The molecule has 0 radical (unpaired) electrons. The van der Waals surface area contributed by atoms with Crippen LogP contribution in [0.4, 0.5) is 5.69 Å². The van der Waals surface area contributed by atoms with Crippen molar-refractivity contribution >= 4 is 23.2 Å². The monoisotopic (exact) mass is 277 g/mol. The first-order valence-corrected chi connectivity index (χ1v) is 7.45. The van der Waals surface area contributed by atoms with Crippen molar-refractivity contribution in [3.63, 3.8) is 0 Å². The minimum absolute atomic E-state index is 0.00444. The van der Waals surface area contributed by atoms with Gasteiger partial charge >= 0.3 is 0 Å². The summed E-state index contributed by atoms with van der Waals surface area (Å²) in [5, 5.41) is 3.62. The fourth-order valence-electron chi connectivity index (χ4n) is 3.50. The first-order chi connectivity index (χ1) is 8.98. The molecule has 1 fully saturated rings. The van der Waals surface area contributed by atoms with E-state index in [9.17, 15) is 4.79 Å². The molecule has 1 atom stereocenters. The van der Waals surface area contributed by atoms with Gasteiger partial charge in [0.1, 0.15) is 0 Å². The molecule has 1 aromatic rings. The second-order valence-electron chi connectivity index (χ2n) is 6.67. The molecule has 19 heavy (non-hydrogen) atoms. The molecule has 0 saturated heterocycles. The van der Waals surface area contributed by atoms with Crippen LogP contribution in [0, 0.1) is 11.3 Å². The molecule has 1 aromatic carbocycles. The SMILES string of the molecule is CC1(C)CCC(C2C(=O)Nc3c(Cl)cccc32)CC1. The van der Waals surface area contributed by atoms with Crippen LogP contribution in [0.1, 0.15) is 51.0 Å². The molecule has 3 rings (SSSR count). The van der Waals surface area contributed by atoms with E-state index < -0.39 is 0 Å². The third-order valence-electron chi connectivity index (χ3n) is 4.77. The van der Waals surface area contributed by atoms with Gasteiger partial charge in [-0.05, 0) is 48.6 Å². The van der Waals surface area contributed by atoms with Gasteiger partial charge in [0.2, 0.25) is 5.91 Å². The van der Waals surface area contributed by atoms with E-state index >= 15 is 0 Å². The van der Waals surface area contributed by atoms with Crippen molar-refractivity contribution in [2.45, 2.75) is 45.4 Å². The van der Waals surface area contributed by atoms with E-state index in [4.69, 9.17) is 11.6 Å². The van der Waals surface area contributed by atoms with E-state index in [1.54, 1.807) is 0 Å². The molecule has 0 spiro atoms. The zero-order valence-electron chi connectivity index (χ0n) is 11.5. The van der Waals surface area contributed by atoms with Crippen molar-refractivity contribution < 1.29 is 4.79 Å². The summed E-state index contributed by atoms with van der Waals surface area (Å²) >= 11 is 6.17. The highest BCUT2D eigenvalue weighted by atomic mass is 35.5. The van der Waals surface area contributed by atoms with E-state index in [0.717, 1.165) is 24.1 Å². The third kappa shape index (κ3) is 2.27. The molecular weight excluding hydrogens is 258 g/mol. The van der Waals surface area contributed by atoms with Gasteiger partial charge in [0.25, 0.3) is 0 Å². The van der Waals surface area contributed by atoms with Gasteiger partial charge in [-0.25, -0.2) is 0 Å². The van der Waals surface area contributed by atoms with Gasteiger partial charge in [-0.2, -0.15) is 0 Å². The zero-order valence-corrected chi connectivity index (χ0v) is 12.3. The summed E-state index contributed by atoms with van der Waals surface area (Å²) in [6.45, 7) is 4.64. The summed E-state index contributed by atoms with van der Waals surface area (Å²) in [5.41, 5.74) is 2.37. The van der Waals surface area contributed by atoms with Crippen LogP contribution in [0.5, 0.6) is 0 Å². The van der Waals surface area contributed by atoms with Crippen molar-refractivity contribution in [3.05, 3.63) is 28.8 Å². The smallest absolute Gasteiger partial charge is 0.232 e. The molecule has 1 unspecified atom stereocenters. The molecule has 3 heteroatoms. The molecule has 1 heterocycles. The van der Waals surface area contributed by atoms with Crippen LogP contribution in [0.25, 0.3) is 0 Å². The number of fused-ring (bicyclic) bond motifs is 1. The molecule has 102 valence electrons. The number of nitrogens with one attached hydrogen (secondary N) is 1. The highest BCUT2D eigenvalue weighted by Crippen LogP contribution is 2.48. The van der Waals surface area contributed by atoms with Gasteiger partial charge in [-0.15, -0.1) is 0 Å². The van der Waals surface area contributed by atoms with E-state index in [2.05, 4.69) is 19.2 Å². The van der Waals surface area contributed by atoms with E-state index in [1.807, 2.05) is 18.2 Å². The highest BCUT2D eigenvalue weighted by Gasteiger charge is 2.40. The topological polar surface area (TPSA) is 29.1 Å². The molecule has 1 aliphatic heterocycles. The third-order valence-corrected chi connectivity index (χ3v) is 5.08. The van der Waals surface area contributed by atoms with Gasteiger partial charge in [-0.1, -0.05) is 37.6 Å². The predicted octanol–water partition coefficient (Wildman–Crippen LogP) is 4.59. The van der Waals surface area contributed by atoms with Crippen LogP contribution >= 0.6 is 11.6 Å². The second-order valence-corrected chi connectivity index (χ2v) is 7.08. The van der Waals surface area contributed by atoms with Crippen LogP contribution in [-0.2, 0) is 4.79 Å². The summed E-state index contributed by atoms with van der Waals surface area (Å²) in [4.78, 5) is 12.3. The highest BCUT2D eigenvalue weighted by molar-refractivity contribution is 6.34. The van der Waals surface area contributed by atoms with E-state index in [-0.39, 0.29) is 11.8 Å². The Labute approximate surface area is 119 Å². The number of hydrogen-bond donors (Lipinski definition) is 1. The van der Waals surface area contributed by atoms with E-state index in [0.29, 0.717) is 16.4 Å². The van der Waals surface area contributed by atoms with Crippen LogP contribution in [0.2, 0.25) is 5.02 Å². The number of carbonyl (C=O) groups excluding carboxylic acids is 1. The number of halogens is 1. The Morgan fingerprint density at radius 1 is 1.26 bits per heavy atom. The normalized spacial score (nSPS) is 26.1. The maximum absolute atomic E-state index is 12.3. The minimum Gasteiger partial charge on any atom is -0.324 e. The molecule has 1 saturated carbocycles. The summed E-state index contributed by atoms with van der Waals surface area (Å²) in [6, 6.07) is 5.83. The number of para-hydroxylation sites is 1. The minimum atomic E-state index is 0.00444. The Balaban J connectivity index is 1.87. The average molecular weight is 278 g/mol. The van der Waals surface area contributed by atoms with Crippen LogP contribution < -0.4 is 5.32 Å². The van der Waals surface area contributed by atoms with Crippen molar-refractivity contribution in [2.75, 3.05) is 5.32 Å². The lowest BCUT2D eigenvalue weighted by Crippen LogP contribution is -2.28. The Kier molecular flexibility index (Phi) is 3.09. The maximum atomic E-state index is 12.3. The zero-order chi connectivity index (χ0) is 13.6. The molecule has 0 bridgehead atoms. The summed E-state index contributed by atoms with van der Waals surface area (Å²) < 4.78 is 0. The number of amides is 1. The fourth-order valence-corrected chi connectivity index (χ4v) is 3.73. The van der Waals surface area contributed by atoms with Crippen LogP contribution in [0.15, 0.2) is 18.2 Å². The Morgan fingerprint density at radius 2 is 1.95 bits per heavy atom. The molecule has 1 amide bonds. The summed E-state index contributed by atoms with van der Waals surface area (Å²) in [7, 11) is 0. The standard InChI is InChI=1S/C16H20ClNO/c1-16(2)8-6-10(7-9-16)13-11-4-3-5-12(17)14(11)18-15(13)19/h3-5,10,13H,6-9H2,1-2H3,(H,18,19). The van der Waals surface area contributed by atoms with E-state index in [1.165, 1.54) is 12.8 Å². The van der Waals surface area contributed by atoms with Crippen molar-refractivity contribution in [3.8, 4) is 0 Å². The summed E-state index contributed by atoms with van der Waals surface area (Å²) in [5.74, 6) is 0.602. The maximum Gasteiger partial charge on any atom is 0.232 e. The number of rotatable bonds is 1. The first kappa shape index (κ1) is 13.0. The van der Waals surface area contributed by atoms with Gasteiger partial charge in [-0.3, -0.25) is 4.79 Å². The fraction of sp³-hybridized carbons (Fsp3) is 0.562. The summed E-state index contributed by atoms with van der Waals surface area (Å²) in [6.07, 6.45) is 4.68. The lowest BCUT2D eigenvalue weighted by atomic mass is 9.68. The molecule has 2 aliphatic rings. The predicted molar refractivity (Wildman–Crippen MR) is 78.6 cm³/mol. The van der Waals surface area contributed by atoms with Crippen molar-refractivity contribution in [1.29, 1.82) is 0 Å². The van der Waals surface area contributed by atoms with Gasteiger partial charge in [0.15, 0.2) is 0 Å². The number of carbonyl (C=O) groups is 1. The number of benzene rings is 1. The molecule has 0 aromatic heterocycles. The van der Waals surface area contributed by atoms with Gasteiger partial charge < -0.3 is 5.32 Å². The Bertz CT molecular complexity index is 513. The van der Waals surface area contributed by atoms with Gasteiger partial charge in [0, 0.05) is 0 Å². The molecular formula is C16H20ClNO. The lowest BCUT2D eigenvalue weighted by Gasteiger charge is -2.36.